The van der Waals surface area contributed by atoms with Gasteiger partial charge in [0, 0.05) is 68.2 Å². The largest absolute Gasteiger partial charge is 0.481 e. The van der Waals surface area contributed by atoms with Gasteiger partial charge in [-0.2, -0.15) is 0 Å². The number of likely N-dealkylation sites (tertiary alicyclic amines) is 1. The number of nitrogens with two attached hydrogens (primary N) is 1. The number of hydrogen-bond donors (Lipinski definition) is 6. The standard InChI is InChI=1S/C55H81N9O11S/c1-9-34(6)49(61-52(71)44-26-33(5)22-25-62(44)8)54(72)63(10-2)43(32(3)4)30-45(75-35(7)65)53-60-42(31-76-53)51(70)58-38-27-36-18-19-37(28-39(36)40(29-38)55(73)74)57-50(69)41(16-13-14-23-56)59-46(66)17-12-11-15-24-64-47(67)20-21-48(64)68/h18-21,28,31-34,38,40-41,43-45,49H,9-17,22-27,29-30,56H2,1-8H3,(H,57,69)(H,58,70)(H,59,66)(H,61,71)(H,73,74)/t33-,34+,38?,40-,41+,43-,44-,45-,49+/m1/s1. The van der Waals surface area contributed by atoms with E-state index in [9.17, 15) is 48.3 Å². The molecule has 76 heavy (non-hydrogen) atoms. The molecular formula is C55H81N9O11S. The number of anilines is 1. The van der Waals surface area contributed by atoms with Crippen LogP contribution in [0.5, 0.6) is 0 Å². The zero-order valence-corrected chi connectivity index (χ0v) is 46.4. The smallest absolute Gasteiger partial charge is 0.311 e. The minimum Gasteiger partial charge on any atom is -0.481 e. The number of nitrogens with one attached hydrogen (secondary N) is 4. The number of ether oxygens (including phenoxy) is 1. The maximum Gasteiger partial charge on any atom is 0.311 e. The number of unbranched alkanes of at least 4 members (excludes halogenated alkanes) is 3. The number of benzene rings is 1. The van der Waals surface area contributed by atoms with Gasteiger partial charge in [-0.25, -0.2) is 4.98 Å². The molecule has 20 nitrogen and oxygen atoms in total. The van der Waals surface area contributed by atoms with Gasteiger partial charge >= 0.3 is 11.9 Å². The highest BCUT2D eigenvalue weighted by molar-refractivity contribution is 7.09. The molecule has 3 aliphatic rings. The second-order valence-electron chi connectivity index (χ2n) is 21.1. The minimum atomic E-state index is -1.12. The van der Waals surface area contributed by atoms with Gasteiger partial charge in [0.05, 0.1) is 12.0 Å². The molecule has 1 saturated heterocycles. The number of esters is 1. The van der Waals surface area contributed by atoms with Gasteiger partial charge in [-0.15, -0.1) is 11.3 Å². The summed E-state index contributed by atoms with van der Waals surface area (Å²) in [7, 11) is 1.94. The number of amides is 7. The highest BCUT2D eigenvalue weighted by atomic mass is 32.1. The van der Waals surface area contributed by atoms with Crippen molar-refractivity contribution in [3.05, 3.63) is 57.6 Å². The lowest BCUT2D eigenvalue weighted by molar-refractivity contribution is -0.150. The summed E-state index contributed by atoms with van der Waals surface area (Å²) < 4.78 is 5.87. The molecule has 0 radical (unpaired) electrons. The number of rotatable bonds is 28. The van der Waals surface area contributed by atoms with Crippen molar-refractivity contribution in [2.24, 2.45) is 23.5 Å². The van der Waals surface area contributed by atoms with Crippen LogP contribution in [0.3, 0.4) is 0 Å². The summed E-state index contributed by atoms with van der Waals surface area (Å²) in [6.45, 7) is 15.0. The molecule has 0 saturated carbocycles. The molecule has 1 aromatic carbocycles. The number of carboxylic acids is 1. The topological polar surface area (TPSA) is 280 Å². The van der Waals surface area contributed by atoms with E-state index in [2.05, 4.69) is 33.2 Å². The van der Waals surface area contributed by atoms with Crippen LogP contribution in [0.15, 0.2) is 35.7 Å². The summed E-state index contributed by atoms with van der Waals surface area (Å²) >= 11 is 1.14. The van der Waals surface area contributed by atoms with E-state index in [4.69, 9.17) is 10.5 Å². The Labute approximate surface area is 451 Å². The molecule has 3 heterocycles. The van der Waals surface area contributed by atoms with Crippen molar-refractivity contribution in [1.29, 1.82) is 0 Å². The average molecular weight is 1080 g/mol. The number of nitrogens with zero attached hydrogens (tertiary/aromatic N) is 4. The third-order valence-corrected chi connectivity index (χ3v) is 15.9. The number of likely N-dealkylation sites (N-methyl/N-ethyl adjacent to an activating group) is 2. The second kappa shape index (κ2) is 28.9. The van der Waals surface area contributed by atoms with Crippen molar-refractivity contribution in [3.8, 4) is 0 Å². The van der Waals surface area contributed by atoms with E-state index in [0.717, 1.165) is 29.2 Å². The quantitative estimate of drug-likeness (QED) is 0.0362. The Balaban J connectivity index is 1.23. The Bertz CT molecular complexity index is 2410. The van der Waals surface area contributed by atoms with E-state index >= 15 is 0 Å². The molecule has 9 atom stereocenters. The number of fused-ring (bicyclic) bond motifs is 1. The Morgan fingerprint density at radius 2 is 1.70 bits per heavy atom. The number of aliphatic carboxylic acids is 1. The molecule has 1 aromatic heterocycles. The number of piperidine rings is 1. The van der Waals surface area contributed by atoms with E-state index in [1.54, 1.807) is 28.5 Å². The monoisotopic (exact) mass is 1080 g/mol. The van der Waals surface area contributed by atoms with E-state index in [-0.39, 0.29) is 85.3 Å². The molecule has 2 aromatic rings. The first kappa shape index (κ1) is 60.8. The number of hydrogen-bond acceptors (Lipinski definition) is 14. The predicted molar refractivity (Wildman–Crippen MR) is 288 cm³/mol. The molecule has 5 rings (SSSR count). The molecule has 0 bridgehead atoms. The van der Waals surface area contributed by atoms with Crippen LogP contribution in [0.2, 0.25) is 0 Å². The van der Waals surface area contributed by atoms with Gasteiger partial charge in [-0.1, -0.05) is 53.5 Å². The fourth-order valence-corrected chi connectivity index (χ4v) is 11.2. The molecule has 7 amide bonds. The molecule has 0 spiro atoms. The van der Waals surface area contributed by atoms with Crippen molar-refractivity contribution >= 4 is 70.3 Å². The van der Waals surface area contributed by atoms with E-state index in [1.165, 1.54) is 19.1 Å². The molecule has 7 N–H and O–H groups in total. The number of imide groups is 1. The predicted octanol–water partition coefficient (Wildman–Crippen LogP) is 5.22. The zero-order valence-electron chi connectivity index (χ0n) is 45.6. The maximum atomic E-state index is 14.6. The molecule has 1 unspecified atom stereocenters. The number of carboxylic acid groups (broad SMARTS) is 1. The van der Waals surface area contributed by atoms with Gasteiger partial charge in [0.15, 0.2) is 6.10 Å². The zero-order chi connectivity index (χ0) is 55.8. The summed E-state index contributed by atoms with van der Waals surface area (Å²) in [5, 5.41) is 24.1. The normalized spacial score (nSPS) is 20.5. The summed E-state index contributed by atoms with van der Waals surface area (Å²) in [5.74, 6) is -5.04. The Morgan fingerprint density at radius 3 is 2.34 bits per heavy atom. The number of carbonyl (C=O) groups excluding carboxylic acids is 8. The van der Waals surface area contributed by atoms with Gasteiger partial charge in [-0.05, 0) is 126 Å². The Hall–Kier alpha value is -6.06. The molecular weight excluding hydrogens is 995 g/mol. The van der Waals surface area contributed by atoms with Crippen LogP contribution in [-0.2, 0) is 49.5 Å². The SMILES string of the molecule is CC[C@H](C)[C@H](NC(=O)[C@H]1C[C@H](C)CCN1C)C(=O)N(CC)[C@H](C[C@@H](OC(C)=O)c1nc(C(=O)NC2Cc3ccc(NC(=O)[C@H](CCCCN)NC(=O)CCCCCN4C(=O)C=CC4=O)cc3[C@H](C(=O)O)C2)cs1)C(C)C. The first-order valence-corrected chi connectivity index (χ1v) is 28.0. The van der Waals surface area contributed by atoms with Crippen molar-refractivity contribution < 1.29 is 53.0 Å². The highest BCUT2D eigenvalue weighted by Crippen LogP contribution is 2.36. The Morgan fingerprint density at radius 1 is 0.974 bits per heavy atom. The van der Waals surface area contributed by atoms with Gasteiger partial charge in [0.1, 0.15) is 22.8 Å². The summed E-state index contributed by atoms with van der Waals surface area (Å²) in [6.07, 6.45) is 7.71. The van der Waals surface area contributed by atoms with Crippen LogP contribution < -0.4 is 27.0 Å². The van der Waals surface area contributed by atoms with Gasteiger partial charge in [0.2, 0.25) is 23.6 Å². The van der Waals surface area contributed by atoms with Gasteiger partial charge in [0.25, 0.3) is 17.7 Å². The van der Waals surface area contributed by atoms with E-state index in [0.29, 0.717) is 92.2 Å². The lowest BCUT2D eigenvalue weighted by atomic mass is 9.79. The Kier molecular flexibility index (Phi) is 23.1. The van der Waals surface area contributed by atoms with Gasteiger partial charge in [-0.3, -0.25) is 53.0 Å². The molecule has 2 aliphatic heterocycles. The molecule has 1 fully saturated rings. The van der Waals surface area contributed by atoms with Crippen molar-refractivity contribution in [1.82, 2.24) is 35.6 Å². The van der Waals surface area contributed by atoms with Crippen LogP contribution in [0, 0.1) is 17.8 Å². The van der Waals surface area contributed by atoms with Crippen molar-refractivity contribution in [2.45, 2.75) is 174 Å². The lowest BCUT2D eigenvalue weighted by Gasteiger charge is -2.40. The number of carbonyl (C=O) groups is 9. The minimum absolute atomic E-state index is 0.0450. The van der Waals surface area contributed by atoms with Crippen molar-refractivity contribution in [2.75, 3.05) is 38.5 Å². The lowest BCUT2D eigenvalue weighted by Crippen LogP contribution is -2.59. The van der Waals surface area contributed by atoms with E-state index in [1.807, 2.05) is 46.6 Å². The summed E-state index contributed by atoms with van der Waals surface area (Å²) in [6, 6.07) is 1.94. The third kappa shape index (κ3) is 16.7. The first-order chi connectivity index (χ1) is 36.1. The fourth-order valence-electron chi connectivity index (χ4n) is 10.3. The first-order valence-electron chi connectivity index (χ1n) is 27.1. The van der Waals surface area contributed by atoms with Crippen LogP contribution in [0.25, 0.3) is 0 Å². The second-order valence-corrected chi connectivity index (χ2v) is 22.0. The molecule has 21 heteroatoms. The van der Waals surface area contributed by atoms with Crippen LogP contribution in [0.4, 0.5) is 5.69 Å². The maximum absolute atomic E-state index is 14.6. The number of aromatic nitrogens is 1. The number of thiazole rings is 1. The van der Waals surface area contributed by atoms with Crippen LogP contribution in [-0.4, -0.2) is 142 Å². The fraction of sp³-hybridized carbons (Fsp3) is 0.636. The third-order valence-electron chi connectivity index (χ3n) is 15.0. The summed E-state index contributed by atoms with van der Waals surface area (Å²) in [5.41, 5.74) is 7.26. The molecule has 418 valence electrons. The highest BCUT2D eigenvalue weighted by Gasteiger charge is 2.40. The average Bonchev–Trinajstić information content (AvgIpc) is 4.00. The molecule has 1 aliphatic carbocycles. The van der Waals surface area contributed by atoms with Crippen LogP contribution >= 0.6 is 11.3 Å². The summed E-state index contributed by atoms with van der Waals surface area (Å²) in [4.78, 5) is 128. The van der Waals surface area contributed by atoms with Crippen molar-refractivity contribution in [3.63, 3.8) is 0 Å². The van der Waals surface area contributed by atoms with Gasteiger partial charge < -0.3 is 41.7 Å². The van der Waals surface area contributed by atoms with Crippen LogP contribution in [0.1, 0.15) is 164 Å². The van der Waals surface area contributed by atoms with E-state index < -0.39 is 59.9 Å².